The second-order valence-electron chi connectivity index (χ2n) is 8.81. The average Bonchev–Trinajstić information content (AvgIpc) is 2.63. The van der Waals surface area contributed by atoms with Gasteiger partial charge in [0, 0.05) is 0 Å². The van der Waals surface area contributed by atoms with E-state index in [9.17, 15) is 14.7 Å². The second kappa shape index (κ2) is 6.93. The summed E-state index contributed by atoms with van der Waals surface area (Å²) in [5.74, 6) is -1.27. The van der Waals surface area contributed by atoms with Gasteiger partial charge in [-0.05, 0) is 70.7 Å². The Bertz CT molecular complexity index is 963. The number of hydrogen-bond donors (Lipinski definition) is 2. The summed E-state index contributed by atoms with van der Waals surface area (Å²) in [6.07, 6.45) is 5.10. The molecule has 2 aromatic carbocycles. The summed E-state index contributed by atoms with van der Waals surface area (Å²) >= 11 is 0. The molecule has 28 heavy (non-hydrogen) atoms. The Kier molecular flexibility index (Phi) is 4.92. The van der Waals surface area contributed by atoms with Crippen LogP contribution in [0.15, 0.2) is 42.5 Å². The molecule has 0 spiro atoms. The molecule has 0 radical (unpaired) electrons. The van der Waals surface area contributed by atoms with E-state index in [0.29, 0.717) is 5.56 Å². The molecule has 0 aromatic heterocycles. The van der Waals surface area contributed by atoms with E-state index in [-0.39, 0.29) is 27.9 Å². The molecule has 0 aliphatic heterocycles. The Morgan fingerprint density at radius 3 is 2.00 bits per heavy atom. The van der Waals surface area contributed by atoms with Crippen molar-refractivity contribution in [1.29, 1.82) is 0 Å². The summed E-state index contributed by atoms with van der Waals surface area (Å²) in [4.78, 5) is 23.6. The topological polar surface area (TPSA) is 74.6 Å². The van der Waals surface area contributed by atoms with Gasteiger partial charge in [0.05, 0.1) is 11.1 Å². The number of carbonyl (C=O) groups excluding carboxylic acids is 1. The minimum Gasteiger partial charge on any atom is -0.507 e. The Balaban J connectivity index is 1.93. The van der Waals surface area contributed by atoms with E-state index in [1.54, 1.807) is 24.3 Å². The highest BCUT2D eigenvalue weighted by atomic mass is 16.4. The normalized spacial score (nSPS) is 17.3. The van der Waals surface area contributed by atoms with Gasteiger partial charge in [0.15, 0.2) is 5.78 Å². The number of aromatic carboxylic acids is 1. The van der Waals surface area contributed by atoms with Crippen molar-refractivity contribution in [1.82, 2.24) is 0 Å². The minimum absolute atomic E-state index is 0.000370. The molecule has 0 amide bonds. The van der Waals surface area contributed by atoms with E-state index in [0.717, 1.165) is 29.5 Å². The number of phenols is 1. The summed E-state index contributed by atoms with van der Waals surface area (Å²) in [6, 6.07) is 9.86. The maximum Gasteiger partial charge on any atom is 0.335 e. The zero-order valence-electron chi connectivity index (χ0n) is 16.7. The Labute approximate surface area is 165 Å². The van der Waals surface area contributed by atoms with Crippen LogP contribution >= 0.6 is 0 Å². The number of fused-ring (bicyclic) bond motifs is 1. The van der Waals surface area contributed by atoms with Gasteiger partial charge >= 0.3 is 5.97 Å². The molecular formula is C24H26O4. The number of benzene rings is 2. The first-order chi connectivity index (χ1) is 13.0. The molecule has 1 aliphatic rings. The van der Waals surface area contributed by atoms with Crippen LogP contribution in [-0.2, 0) is 10.8 Å². The van der Waals surface area contributed by atoms with E-state index >= 15 is 0 Å². The van der Waals surface area contributed by atoms with Gasteiger partial charge in [-0.1, -0.05) is 45.9 Å². The monoisotopic (exact) mass is 378 g/mol. The van der Waals surface area contributed by atoms with Crippen molar-refractivity contribution in [3.05, 3.63) is 70.3 Å². The fourth-order valence-electron chi connectivity index (χ4n) is 3.80. The average molecular weight is 378 g/mol. The highest BCUT2D eigenvalue weighted by molar-refractivity contribution is 6.08. The van der Waals surface area contributed by atoms with Gasteiger partial charge in [0.25, 0.3) is 0 Å². The minimum atomic E-state index is -0.990. The summed E-state index contributed by atoms with van der Waals surface area (Å²) in [6.45, 7) is 8.68. The molecule has 146 valence electrons. The predicted octanol–water partition coefficient (Wildman–Crippen LogP) is 5.34. The quantitative estimate of drug-likeness (QED) is 0.556. The highest BCUT2D eigenvalue weighted by Crippen LogP contribution is 2.47. The van der Waals surface area contributed by atoms with Crippen LogP contribution in [0.2, 0.25) is 0 Å². The molecule has 1 aliphatic carbocycles. The van der Waals surface area contributed by atoms with E-state index in [1.165, 1.54) is 18.2 Å². The summed E-state index contributed by atoms with van der Waals surface area (Å²) in [5, 5.41) is 19.5. The second-order valence-corrected chi connectivity index (χ2v) is 8.81. The standard InChI is InChI=1S/C24H26O4/c1-23(2)11-12-24(3,4)19-14-21(26)17(13-18(19)23)20(25)10-7-15-5-8-16(9-6-15)22(27)28/h5-10,13-14,26H,11-12H2,1-4H3,(H,27,28)/b10-7+. The maximum absolute atomic E-state index is 12.7. The molecule has 0 saturated heterocycles. The van der Waals surface area contributed by atoms with Crippen molar-refractivity contribution in [2.75, 3.05) is 0 Å². The molecular weight excluding hydrogens is 352 g/mol. The fourth-order valence-corrected chi connectivity index (χ4v) is 3.80. The summed E-state index contributed by atoms with van der Waals surface area (Å²) < 4.78 is 0. The number of carboxylic acid groups (broad SMARTS) is 1. The Morgan fingerprint density at radius 1 is 0.929 bits per heavy atom. The van der Waals surface area contributed by atoms with Crippen LogP contribution in [0, 0.1) is 0 Å². The molecule has 0 unspecified atom stereocenters. The smallest absolute Gasteiger partial charge is 0.335 e. The van der Waals surface area contributed by atoms with Gasteiger partial charge in [0.1, 0.15) is 5.75 Å². The van der Waals surface area contributed by atoms with Crippen LogP contribution in [0.4, 0.5) is 0 Å². The number of allylic oxidation sites excluding steroid dienone is 1. The van der Waals surface area contributed by atoms with Crippen molar-refractivity contribution in [2.45, 2.75) is 51.4 Å². The molecule has 0 fully saturated rings. The van der Waals surface area contributed by atoms with Crippen LogP contribution in [0.1, 0.15) is 77.9 Å². The zero-order chi connectivity index (χ0) is 20.7. The lowest BCUT2D eigenvalue weighted by molar-refractivity contribution is 0.0696. The molecule has 0 bridgehead atoms. The van der Waals surface area contributed by atoms with Crippen LogP contribution < -0.4 is 0 Å². The van der Waals surface area contributed by atoms with E-state index in [4.69, 9.17) is 5.11 Å². The highest BCUT2D eigenvalue weighted by Gasteiger charge is 2.38. The van der Waals surface area contributed by atoms with Crippen LogP contribution in [0.3, 0.4) is 0 Å². The molecule has 2 N–H and O–H groups in total. The third-order valence-electron chi connectivity index (χ3n) is 5.82. The van der Waals surface area contributed by atoms with Crippen molar-refractivity contribution >= 4 is 17.8 Å². The number of aromatic hydroxyl groups is 1. The van der Waals surface area contributed by atoms with Crippen molar-refractivity contribution in [2.24, 2.45) is 0 Å². The van der Waals surface area contributed by atoms with Crippen molar-refractivity contribution in [3.63, 3.8) is 0 Å². The SMILES string of the molecule is CC1(C)CCC(C)(C)c2cc(C(=O)/C=C/c3ccc(C(=O)O)cc3)c(O)cc21. The van der Waals surface area contributed by atoms with Crippen molar-refractivity contribution < 1.29 is 19.8 Å². The first-order valence-corrected chi connectivity index (χ1v) is 9.45. The van der Waals surface area contributed by atoms with Crippen LogP contribution in [0.25, 0.3) is 6.08 Å². The van der Waals surface area contributed by atoms with Crippen LogP contribution in [-0.4, -0.2) is 22.0 Å². The van der Waals surface area contributed by atoms with Gasteiger partial charge in [-0.2, -0.15) is 0 Å². The molecule has 0 atom stereocenters. The number of carboxylic acids is 1. The molecule has 2 aromatic rings. The predicted molar refractivity (Wildman–Crippen MR) is 110 cm³/mol. The third kappa shape index (κ3) is 3.72. The lowest BCUT2D eigenvalue weighted by atomic mass is 9.63. The zero-order valence-corrected chi connectivity index (χ0v) is 16.7. The van der Waals surface area contributed by atoms with Gasteiger partial charge in [-0.15, -0.1) is 0 Å². The Morgan fingerprint density at radius 2 is 1.46 bits per heavy atom. The molecule has 0 saturated carbocycles. The van der Waals surface area contributed by atoms with Gasteiger partial charge < -0.3 is 10.2 Å². The van der Waals surface area contributed by atoms with E-state index in [1.807, 2.05) is 6.07 Å². The van der Waals surface area contributed by atoms with Gasteiger partial charge in [-0.25, -0.2) is 4.79 Å². The van der Waals surface area contributed by atoms with E-state index < -0.39 is 5.97 Å². The van der Waals surface area contributed by atoms with E-state index in [2.05, 4.69) is 27.7 Å². The molecule has 3 rings (SSSR count). The molecule has 4 heteroatoms. The van der Waals surface area contributed by atoms with Gasteiger partial charge in [-0.3, -0.25) is 4.79 Å². The fraction of sp³-hybridized carbons (Fsp3) is 0.333. The first-order valence-electron chi connectivity index (χ1n) is 9.45. The lowest BCUT2D eigenvalue weighted by Crippen LogP contribution is -2.34. The lowest BCUT2D eigenvalue weighted by Gasteiger charge is -2.42. The number of rotatable bonds is 4. The number of carbonyl (C=O) groups is 2. The third-order valence-corrected chi connectivity index (χ3v) is 5.82. The molecule has 0 heterocycles. The maximum atomic E-state index is 12.7. The van der Waals surface area contributed by atoms with Crippen LogP contribution in [0.5, 0.6) is 5.75 Å². The first kappa shape index (κ1) is 19.9. The van der Waals surface area contributed by atoms with Gasteiger partial charge in [0.2, 0.25) is 0 Å². The molecule has 4 nitrogen and oxygen atoms in total. The number of ketones is 1. The summed E-state index contributed by atoms with van der Waals surface area (Å²) in [5.41, 5.74) is 3.34. The summed E-state index contributed by atoms with van der Waals surface area (Å²) in [7, 11) is 0. The van der Waals surface area contributed by atoms with Crippen molar-refractivity contribution in [3.8, 4) is 5.75 Å². The number of phenolic OH excluding ortho intramolecular Hbond substituents is 1. The largest absolute Gasteiger partial charge is 0.507 e. The Hall–Kier alpha value is -2.88. The number of hydrogen-bond acceptors (Lipinski definition) is 3.